The van der Waals surface area contributed by atoms with Gasteiger partial charge in [-0.25, -0.2) is 0 Å². The molecule has 0 aromatic heterocycles. The highest BCUT2D eigenvalue weighted by atomic mass is 16.5. The predicted molar refractivity (Wildman–Crippen MR) is 60.7 cm³/mol. The summed E-state index contributed by atoms with van der Waals surface area (Å²) in [6.07, 6.45) is 7.46. The van der Waals surface area contributed by atoms with Gasteiger partial charge in [0.15, 0.2) is 0 Å². The van der Waals surface area contributed by atoms with Crippen molar-refractivity contribution in [1.29, 1.82) is 0 Å². The molecule has 2 fully saturated rings. The summed E-state index contributed by atoms with van der Waals surface area (Å²) in [6, 6.07) is 0. The van der Waals surface area contributed by atoms with Gasteiger partial charge in [-0.3, -0.25) is 0 Å². The Morgan fingerprint density at radius 3 is 2.73 bits per heavy atom. The molecule has 3 atom stereocenters. The zero-order valence-electron chi connectivity index (χ0n) is 10.0. The van der Waals surface area contributed by atoms with Gasteiger partial charge < -0.3 is 9.84 Å². The van der Waals surface area contributed by atoms with E-state index in [-0.39, 0.29) is 18.3 Å². The van der Waals surface area contributed by atoms with Crippen LogP contribution in [0.1, 0.15) is 52.4 Å². The van der Waals surface area contributed by atoms with Gasteiger partial charge in [0.05, 0.1) is 18.3 Å². The monoisotopic (exact) mass is 212 g/mol. The van der Waals surface area contributed by atoms with Crippen molar-refractivity contribution < 1.29 is 9.84 Å². The molecule has 0 aromatic carbocycles. The average Bonchev–Trinajstić information content (AvgIpc) is 2.61. The van der Waals surface area contributed by atoms with Gasteiger partial charge in [-0.2, -0.15) is 0 Å². The van der Waals surface area contributed by atoms with Crippen molar-refractivity contribution in [2.75, 3.05) is 6.61 Å². The zero-order valence-corrected chi connectivity index (χ0v) is 10.0. The lowest BCUT2D eigenvalue weighted by Gasteiger charge is -2.39. The number of hydrogen-bond acceptors (Lipinski definition) is 2. The average molecular weight is 212 g/mol. The van der Waals surface area contributed by atoms with Crippen LogP contribution in [0.3, 0.4) is 0 Å². The molecule has 2 rings (SSSR count). The zero-order chi connectivity index (χ0) is 10.9. The van der Waals surface area contributed by atoms with E-state index in [2.05, 4.69) is 13.8 Å². The van der Waals surface area contributed by atoms with E-state index in [4.69, 9.17) is 9.84 Å². The molecule has 2 nitrogen and oxygen atoms in total. The van der Waals surface area contributed by atoms with E-state index >= 15 is 0 Å². The largest absolute Gasteiger partial charge is 0.394 e. The molecule has 1 aliphatic heterocycles. The second-order valence-electron chi connectivity index (χ2n) is 5.74. The molecular formula is C13H24O2. The van der Waals surface area contributed by atoms with Crippen LogP contribution in [0.5, 0.6) is 0 Å². The Bertz CT molecular complexity index is 215. The highest BCUT2D eigenvalue weighted by Crippen LogP contribution is 2.45. The molecule has 1 saturated heterocycles. The lowest BCUT2D eigenvalue weighted by Crippen LogP contribution is -2.37. The van der Waals surface area contributed by atoms with Crippen molar-refractivity contribution in [3.63, 3.8) is 0 Å². The number of aliphatic hydroxyl groups excluding tert-OH is 1. The number of rotatable bonds is 2. The maximum atomic E-state index is 9.13. The molecule has 0 unspecified atom stereocenters. The topological polar surface area (TPSA) is 29.5 Å². The van der Waals surface area contributed by atoms with Crippen molar-refractivity contribution >= 4 is 0 Å². The van der Waals surface area contributed by atoms with Crippen molar-refractivity contribution in [3.05, 3.63) is 0 Å². The quantitative estimate of drug-likeness (QED) is 0.762. The van der Waals surface area contributed by atoms with E-state index in [0.29, 0.717) is 0 Å². The van der Waals surface area contributed by atoms with Crippen LogP contribution in [0.4, 0.5) is 0 Å². The maximum absolute atomic E-state index is 9.13. The van der Waals surface area contributed by atoms with Gasteiger partial charge in [0.25, 0.3) is 0 Å². The van der Waals surface area contributed by atoms with E-state index in [1.54, 1.807) is 0 Å². The molecular weight excluding hydrogens is 188 g/mol. The van der Waals surface area contributed by atoms with Crippen LogP contribution in [0.2, 0.25) is 0 Å². The fourth-order valence-corrected chi connectivity index (χ4v) is 3.30. The third kappa shape index (κ3) is 2.36. The normalized spacial score (nSPS) is 41.6. The molecule has 1 spiro atoms. The summed E-state index contributed by atoms with van der Waals surface area (Å²) in [6.45, 7) is 4.85. The molecule has 0 aromatic rings. The summed E-state index contributed by atoms with van der Waals surface area (Å²) in [5.41, 5.74) is 0.139. The smallest absolute Gasteiger partial charge is 0.0814 e. The Kier molecular flexibility index (Phi) is 3.36. The van der Waals surface area contributed by atoms with E-state index < -0.39 is 0 Å². The Balaban J connectivity index is 1.97. The second kappa shape index (κ2) is 4.42. The summed E-state index contributed by atoms with van der Waals surface area (Å²) >= 11 is 0. The Morgan fingerprint density at radius 1 is 1.33 bits per heavy atom. The minimum atomic E-state index is 0.121. The van der Waals surface area contributed by atoms with E-state index in [1.165, 1.54) is 32.1 Å². The maximum Gasteiger partial charge on any atom is 0.0814 e. The van der Waals surface area contributed by atoms with Gasteiger partial charge in [-0.15, -0.1) is 0 Å². The molecule has 0 amide bonds. The first kappa shape index (κ1) is 11.4. The van der Waals surface area contributed by atoms with Crippen molar-refractivity contribution in [2.24, 2.45) is 11.8 Å². The van der Waals surface area contributed by atoms with Crippen LogP contribution >= 0.6 is 0 Å². The van der Waals surface area contributed by atoms with Crippen LogP contribution in [-0.4, -0.2) is 23.4 Å². The highest BCUT2D eigenvalue weighted by molar-refractivity contribution is 4.94. The second-order valence-corrected chi connectivity index (χ2v) is 5.74. The van der Waals surface area contributed by atoms with Crippen LogP contribution in [0.15, 0.2) is 0 Å². The minimum absolute atomic E-state index is 0.121. The molecule has 2 heteroatoms. The van der Waals surface area contributed by atoms with Crippen LogP contribution in [-0.2, 0) is 4.74 Å². The summed E-state index contributed by atoms with van der Waals surface area (Å²) in [5, 5.41) is 9.13. The van der Waals surface area contributed by atoms with Crippen molar-refractivity contribution in [1.82, 2.24) is 0 Å². The van der Waals surface area contributed by atoms with Crippen LogP contribution in [0.25, 0.3) is 0 Å². The van der Waals surface area contributed by atoms with Gasteiger partial charge in [-0.05, 0) is 43.9 Å². The third-order valence-corrected chi connectivity index (χ3v) is 4.33. The fourth-order valence-electron chi connectivity index (χ4n) is 3.30. The Hall–Kier alpha value is -0.0800. The molecule has 1 heterocycles. The Morgan fingerprint density at radius 2 is 2.13 bits per heavy atom. The lowest BCUT2D eigenvalue weighted by molar-refractivity contribution is -0.0925. The summed E-state index contributed by atoms with van der Waals surface area (Å²) in [4.78, 5) is 0. The van der Waals surface area contributed by atoms with Gasteiger partial charge in [-0.1, -0.05) is 20.3 Å². The summed E-state index contributed by atoms with van der Waals surface area (Å²) < 4.78 is 6.07. The van der Waals surface area contributed by atoms with Gasteiger partial charge in [0.2, 0.25) is 0 Å². The molecule has 2 aliphatic rings. The fraction of sp³-hybridized carbons (Fsp3) is 1.00. The summed E-state index contributed by atoms with van der Waals surface area (Å²) in [7, 11) is 0. The molecule has 0 radical (unpaired) electrons. The first-order valence-electron chi connectivity index (χ1n) is 6.44. The summed E-state index contributed by atoms with van der Waals surface area (Å²) in [5.74, 6) is 1.61. The van der Waals surface area contributed by atoms with Crippen molar-refractivity contribution in [2.45, 2.75) is 64.1 Å². The molecule has 0 bridgehead atoms. The SMILES string of the molecule is CC(C)[C@@H]1CCC[C@@]2(CC[C@H](CO)O2)C1. The lowest BCUT2D eigenvalue weighted by atomic mass is 9.72. The van der Waals surface area contributed by atoms with Crippen LogP contribution in [0, 0.1) is 11.8 Å². The molecule has 1 N–H and O–H groups in total. The van der Waals surface area contributed by atoms with Gasteiger partial charge in [0, 0.05) is 0 Å². The van der Waals surface area contributed by atoms with Crippen LogP contribution < -0.4 is 0 Å². The Labute approximate surface area is 93.0 Å². The van der Waals surface area contributed by atoms with Gasteiger partial charge in [0.1, 0.15) is 0 Å². The molecule has 1 aliphatic carbocycles. The first-order chi connectivity index (χ1) is 7.15. The first-order valence-corrected chi connectivity index (χ1v) is 6.44. The number of aliphatic hydroxyl groups is 1. The number of hydrogen-bond donors (Lipinski definition) is 1. The van der Waals surface area contributed by atoms with E-state index in [0.717, 1.165) is 18.3 Å². The molecule has 1 saturated carbocycles. The minimum Gasteiger partial charge on any atom is -0.394 e. The molecule has 15 heavy (non-hydrogen) atoms. The predicted octanol–water partition coefficient (Wildman–Crippen LogP) is 2.74. The van der Waals surface area contributed by atoms with Crippen molar-refractivity contribution in [3.8, 4) is 0 Å². The van der Waals surface area contributed by atoms with E-state index in [1.807, 2.05) is 0 Å². The van der Waals surface area contributed by atoms with Gasteiger partial charge >= 0.3 is 0 Å². The highest BCUT2D eigenvalue weighted by Gasteiger charge is 2.43. The number of ether oxygens (including phenoxy) is 1. The molecule has 88 valence electrons. The third-order valence-electron chi connectivity index (χ3n) is 4.33. The van der Waals surface area contributed by atoms with E-state index in [9.17, 15) is 0 Å². The standard InChI is InChI=1S/C13H24O2/c1-10(2)11-4-3-6-13(8-11)7-5-12(9-14)15-13/h10-12,14H,3-9H2,1-2H3/t11-,12-,13-/m1/s1.